The number of nitrogens with zero attached hydrogens (tertiary/aromatic N) is 2. The standard InChI is InChI=1S/C22H25FN2S.C8H13NO/c23-21-19(26-17-11-7-4-8-12-17)14-13-18-22(21)25-20(24-18)15-16-9-5-2-1-3-6-10-16;1-5-8(7(3)10)6(2)9-4/h4,7-8,11-14,16H,1-3,5-6,9-10,15H2,(H,24,25);5H,1-4H3/b;8-5+,9-6?. The molecule has 0 spiro atoms. The number of nitrogens with one attached hydrogen (secondary N) is 1. The van der Waals surface area contributed by atoms with E-state index in [-0.39, 0.29) is 11.6 Å². The number of carbonyl (C=O) groups is 1. The number of H-pyrrole nitrogens is 1. The highest BCUT2D eigenvalue weighted by atomic mass is 32.2. The number of aromatic amines is 1. The molecule has 1 fully saturated rings. The van der Waals surface area contributed by atoms with Crippen LogP contribution in [0.2, 0.25) is 0 Å². The number of fused-ring (bicyclic) bond motifs is 1. The Morgan fingerprint density at radius 3 is 2.33 bits per heavy atom. The number of hydrogen-bond donors (Lipinski definition) is 1. The van der Waals surface area contributed by atoms with E-state index in [1.807, 2.05) is 56.3 Å². The third-order valence-corrected chi connectivity index (χ3v) is 7.72. The summed E-state index contributed by atoms with van der Waals surface area (Å²) in [6, 6.07) is 13.7. The van der Waals surface area contributed by atoms with Crippen LogP contribution in [-0.2, 0) is 11.2 Å². The lowest BCUT2D eigenvalue weighted by Gasteiger charge is -2.18. The fourth-order valence-electron chi connectivity index (χ4n) is 4.67. The summed E-state index contributed by atoms with van der Waals surface area (Å²) >= 11 is 1.45. The molecule has 192 valence electrons. The van der Waals surface area contributed by atoms with E-state index in [2.05, 4.69) is 15.0 Å². The summed E-state index contributed by atoms with van der Waals surface area (Å²) in [6.07, 6.45) is 12.0. The van der Waals surface area contributed by atoms with Crippen LogP contribution in [0.4, 0.5) is 4.39 Å². The van der Waals surface area contributed by atoms with Gasteiger partial charge in [-0.15, -0.1) is 0 Å². The van der Waals surface area contributed by atoms with Crippen molar-refractivity contribution in [2.45, 2.75) is 81.9 Å². The molecular formula is C30H38FN3OS. The van der Waals surface area contributed by atoms with Crippen molar-refractivity contribution in [2.75, 3.05) is 7.05 Å². The minimum Gasteiger partial charge on any atom is -0.342 e. The first kappa shape index (κ1) is 27.9. The molecule has 0 unspecified atom stereocenters. The van der Waals surface area contributed by atoms with Gasteiger partial charge in [0.2, 0.25) is 0 Å². The number of carbonyl (C=O) groups excluding carboxylic acids is 1. The third kappa shape index (κ3) is 7.89. The van der Waals surface area contributed by atoms with Gasteiger partial charge in [-0.2, -0.15) is 0 Å². The molecule has 4 rings (SSSR count). The lowest BCUT2D eigenvalue weighted by atomic mass is 9.89. The Morgan fingerprint density at radius 2 is 1.75 bits per heavy atom. The van der Waals surface area contributed by atoms with Crippen LogP contribution in [0.3, 0.4) is 0 Å². The van der Waals surface area contributed by atoms with Crippen LogP contribution in [-0.4, -0.2) is 28.5 Å². The number of imidazole rings is 1. The van der Waals surface area contributed by atoms with Gasteiger partial charge < -0.3 is 4.98 Å². The van der Waals surface area contributed by atoms with Crippen LogP contribution >= 0.6 is 11.8 Å². The number of aliphatic imine (C=N–C) groups is 1. The molecule has 1 aromatic heterocycles. The van der Waals surface area contributed by atoms with Gasteiger partial charge in [0, 0.05) is 29.6 Å². The third-order valence-electron chi connectivity index (χ3n) is 6.68. The minimum absolute atomic E-state index is 0.0746. The Balaban J connectivity index is 0.000000308. The Hall–Kier alpha value is -2.73. The van der Waals surface area contributed by atoms with Crippen molar-refractivity contribution in [1.82, 2.24) is 9.97 Å². The molecule has 6 heteroatoms. The summed E-state index contributed by atoms with van der Waals surface area (Å²) in [5, 5.41) is 0. The SMILES string of the molecule is C/C=C(/C(C)=O)C(C)=NC.Fc1c(Sc2ccccc2)ccc2[nH]c(CC3CCCCCCC3)nc12. The van der Waals surface area contributed by atoms with E-state index in [0.29, 0.717) is 21.9 Å². The van der Waals surface area contributed by atoms with Gasteiger partial charge in [-0.25, -0.2) is 9.37 Å². The predicted molar refractivity (Wildman–Crippen MR) is 150 cm³/mol. The van der Waals surface area contributed by atoms with E-state index in [9.17, 15) is 9.18 Å². The summed E-state index contributed by atoms with van der Waals surface area (Å²) in [5.41, 5.74) is 2.80. The maximum absolute atomic E-state index is 15.0. The number of hydrogen-bond acceptors (Lipinski definition) is 4. The molecule has 3 aromatic rings. The molecule has 1 aliphatic carbocycles. The van der Waals surface area contributed by atoms with E-state index in [1.165, 1.54) is 56.7 Å². The topological polar surface area (TPSA) is 58.1 Å². The van der Waals surface area contributed by atoms with E-state index in [1.54, 1.807) is 20.0 Å². The number of benzene rings is 2. The second-order valence-corrected chi connectivity index (χ2v) is 10.5. The molecule has 0 atom stereocenters. The fraction of sp³-hybridized carbons (Fsp3) is 0.433. The number of Topliss-reactive ketones (excluding diaryl/α,β-unsaturated/α-hetero) is 1. The molecule has 0 radical (unpaired) electrons. The van der Waals surface area contributed by atoms with Crippen LogP contribution in [0, 0.1) is 11.7 Å². The smallest absolute Gasteiger partial charge is 0.164 e. The quantitative estimate of drug-likeness (QED) is 0.269. The Labute approximate surface area is 218 Å². The molecule has 0 amide bonds. The largest absolute Gasteiger partial charge is 0.342 e. The van der Waals surface area contributed by atoms with E-state index < -0.39 is 0 Å². The Bertz CT molecular complexity index is 1190. The molecule has 0 bridgehead atoms. The van der Waals surface area contributed by atoms with Crippen LogP contribution in [0.5, 0.6) is 0 Å². The molecule has 1 saturated carbocycles. The summed E-state index contributed by atoms with van der Waals surface area (Å²) in [6.45, 7) is 5.21. The lowest BCUT2D eigenvalue weighted by Crippen LogP contribution is -2.08. The van der Waals surface area contributed by atoms with Gasteiger partial charge in [-0.05, 0) is 51.0 Å². The maximum atomic E-state index is 15.0. The first-order valence-electron chi connectivity index (χ1n) is 12.9. The molecule has 2 aromatic carbocycles. The van der Waals surface area contributed by atoms with Crippen LogP contribution in [0.15, 0.2) is 68.9 Å². The zero-order chi connectivity index (χ0) is 25.9. The van der Waals surface area contributed by atoms with E-state index >= 15 is 0 Å². The van der Waals surface area contributed by atoms with Gasteiger partial charge >= 0.3 is 0 Å². The number of aromatic nitrogens is 2. The second-order valence-electron chi connectivity index (χ2n) is 9.36. The first-order chi connectivity index (χ1) is 17.4. The summed E-state index contributed by atoms with van der Waals surface area (Å²) in [4.78, 5) is 24.4. The molecular weight excluding hydrogens is 469 g/mol. The Morgan fingerprint density at radius 1 is 1.08 bits per heavy atom. The van der Waals surface area contributed by atoms with Gasteiger partial charge in [0.25, 0.3) is 0 Å². The fourth-order valence-corrected chi connectivity index (χ4v) is 5.54. The monoisotopic (exact) mass is 507 g/mol. The van der Waals surface area contributed by atoms with Gasteiger partial charge in [-0.1, -0.05) is 81.0 Å². The van der Waals surface area contributed by atoms with Crippen molar-refractivity contribution < 1.29 is 9.18 Å². The lowest BCUT2D eigenvalue weighted by molar-refractivity contribution is -0.113. The van der Waals surface area contributed by atoms with Gasteiger partial charge in [0.05, 0.1) is 10.4 Å². The summed E-state index contributed by atoms with van der Waals surface area (Å²) in [5.74, 6) is 1.48. The van der Waals surface area contributed by atoms with Gasteiger partial charge in [-0.3, -0.25) is 9.79 Å². The number of rotatable bonds is 6. The van der Waals surface area contributed by atoms with Crippen molar-refractivity contribution in [3.63, 3.8) is 0 Å². The number of halogens is 1. The van der Waals surface area contributed by atoms with Gasteiger partial charge in [0.1, 0.15) is 11.3 Å². The van der Waals surface area contributed by atoms with Gasteiger partial charge in [0.15, 0.2) is 11.6 Å². The van der Waals surface area contributed by atoms with Crippen LogP contribution in [0.1, 0.15) is 71.5 Å². The van der Waals surface area contributed by atoms with Crippen molar-refractivity contribution in [2.24, 2.45) is 10.9 Å². The molecule has 1 aliphatic rings. The van der Waals surface area contributed by atoms with Crippen LogP contribution in [0.25, 0.3) is 11.0 Å². The highest BCUT2D eigenvalue weighted by molar-refractivity contribution is 7.99. The first-order valence-corrected chi connectivity index (χ1v) is 13.8. The zero-order valence-corrected chi connectivity index (χ0v) is 22.8. The molecule has 1 heterocycles. The minimum atomic E-state index is -0.212. The van der Waals surface area contributed by atoms with Crippen molar-refractivity contribution in [3.8, 4) is 0 Å². The summed E-state index contributed by atoms with van der Waals surface area (Å²) < 4.78 is 15.0. The average molecular weight is 508 g/mol. The normalized spacial score (nSPS) is 15.7. The molecule has 36 heavy (non-hydrogen) atoms. The number of allylic oxidation sites excluding steroid dienone is 2. The molecule has 0 saturated heterocycles. The summed E-state index contributed by atoms with van der Waals surface area (Å²) in [7, 11) is 1.68. The van der Waals surface area contributed by atoms with E-state index in [4.69, 9.17) is 0 Å². The average Bonchev–Trinajstić information content (AvgIpc) is 3.27. The second kappa shape index (κ2) is 14.1. The van der Waals surface area contributed by atoms with Crippen LogP contribution < -0.4 is 0 Å². The molecule has 4 nitrogen and oxygen atoms in total. The van der Waals surface area contributed by atoms with Crippen molar-refractivity contribution in [1.29, 1.82) is 0 Å². The molecule has 0 aliphatic heterocycles. The maximum Gasteiger partial charge on any atom is 0.164 e. The van der Waals surface area contributed by atoms with Crippen molar-refractivity contribution in [3.05, 3.63) is 65.8 Å². The number of ketones is 1. The molecule has 1 N–H and O–H groups in total. The predicted octanol–water partition coefficient (Wildman–Crippen LogP) is 8.37. The highest BCUT2D eigenvalue weighted by Crippen LogP contribution is 2.33. The zero-order valence-electron chi connectivity index (χ0n) is 21.9. The Kier molecular flexibility index (Phi) is 10.9. The van der Waals surface area contributed by atoms with Crippen molar-refractivity contribution >= 4 is 34.3 Å². The van der Waals surface area contributed by atoms with E-state index in [0.717, 1.165) is 28.4 Å². The highest BCUT2D eigenvalue weighted by Gasteiger charge is 2.17.